The van der Waals surface area contributed by atoms with E-state index in [4.69, 9.17) is 4.74 Å². The molecule has 3 rings (SSSR count). The third-order valence-electron chi connectivity index (χ3n) is 3.61. The summed E-state index contributed by atoms with van der Waals surface area (Å²) in [5.74, 6) is 0.397. The normalized spacial score (nSPS) is 11.2. The molecule has 0 saturated heterocycles. The molecule has 134 valence electrons. The largest absolute Gasteiger partial charge is 0.497 e. The molecule has 26 heavy (non-hydrogen) atoms. The van der Waals surface area contributed by atoms with Crippen LogP contribution in [0.1, 0.15) is 10.5 Å². The van der Waals surface area contributed by atoms with E-state index in [9.17, 15) is 13.2 Å². The molecule has 2 aromatic carbocycles. The van der Waals surface area contributed by atoms with Gasteiger partial charge in [-0.2, -0.15) is 0 Å². The number of methoxy groups -OCH3 is 1. The summed E-state index contributed by atoms with van der Waals surface area (Å²) in [5.41, 5.74) is 1.70. The number of nitrogens with zero attached hydrogens (tertiary/aromatic N) is 1. The van der Waals surface area contributed by atoms with Crippen LogP contribution in [0.25, 0.3) is 10.6 Å². The molecule has 6 nitrogen and oxygen atoms in total. The zero-order chi connectivity index (χ0) is 18.7. The van der Waals surface area contributed by atoms with E-state index in [-0.39, 0.29) is 10.8 Å². The Hall–Kier alpha value is -2.71. The van der Waals surface area contributed by atoms with Crippen molar-refractivity contribution in [2.24, 2.45) is 0 Å². The SMILES string of the molecule is COc1ccc(-c2nc(C(=O)Nc3ccc(S(C)(=O)=O)cc3)cs2)cc1. The maximum absolute atomic E-state index is 12.3. The van der Waals surface area contributed by atoms with E-state index in [0.29, 0.717) is 11.4 Å². The lowest BCUT2D eigenvalue weighted by atomic mass is 10.2. The monoisotopic (exact) mass is 388 g/mol. The number of hydrogen-bond donors (Lipinski definition) is 1. The standard InChI is InChI=1S/C18H16N2O4S2/c1-24-14-7-3-12(4-8-14)18-20-16(11-25-18)17(21)19-13-5-9-15(10-6-13)26(2,22)23/h3-11H,1-2H3,(H,19,21). The van der Waals surface area contributed by atoms with E-state index in [2.05, 4.69) is 10.3 Å². The third-order valence-corrected chi connectivity index (χ3v) is 5.63. The van der Waals surface area contributed by atoms with Crippen molar-refractivity contribution in [1.82, 2.24) is 4.98 Å². The number of aromatic nitrogens is 1. The molecular weight excluding hydrogens is 372 g/mol. The van der Waals surface area contributed by atoms with Gasteiger partial charge in [-0.05, 0) is 48.5 Å². The lowest BCUT2D eigenvalue weighted by Crippen LogP contribution is -2.12. The maximum atomic E-state index is 12.3. The number of anilines is 1. The number of carbonyl (C=O) groups is 1. The fraction of sp³-hybridized carbons (Fsp3) is 0.111. The first kappa shape index (κ1) is 18.1. The summed E-state index contributed by atoms with van der Waals surface area (Å²) < 4.78 is 28.0. The summed E-state index contributed by atoms with van der Waals surface area (Å²) in [4.78, 5) is 16.9. The lowest BCUT2D eigenvalue weighted by Gasteiger charge is -2.04. The number of ether oxygens (including phenoxy) is 1. The van der Waals surface area contributed by atoms with Gasteiger partial charge in [-0.3, -0.25) is 4.79 Å². The first-order valence-electron chi connectivity index (χ1n) is 7.58. The average molecular weight is 388 g/mol. The van der Waals surface area contributed by atoms with E-state index in [1.54, 1.807) is 24.6 Å². The van der Waals surface area contributed by atoms with Gasteiger partial charge in [0.05, 0.1) is 12.0 Å². The van der Waals surface area contributed by atoms with Crippen LogP contribution < -0.4 is 10.1 Å². The van der Waals surface area contributed by atoms with Crippen molar-refractivity contribution >= 4 is 32.8 Å². The van der Waals surface area contributed by atoms with Gasteiger partial charge >= 0.3 is 0 Å². The van der Waals surface area contributed by atoms with E-state index in [1.807, 2.05) is 24.3 Å². The molecule has 0 aliphatic rings. The van der Waals surface area contributed by atoms with Crippen molar-refractivity contribution in [1.29, 1.82) is 0 Å². The highest BCUT2D eigenvalue weighted by Gasteiger charge is 2.13. The van der Waals surface area contributed by atoms with Gasteiger partial charge in [0.15, 0.2) is 9.84 Å². The number of thiazole rings is 1. The zero-order valence-corrected chi connectivity index (χ0v) is 15.7. The highest BCUT2D eigenvalue weighted by molar-refractivity contribution is 7.90. The molecule has 0 saturated carbocycles. The summed E-state index contributed by atoms with van der Waals surface area (Å²) in [6, 6.07) is 13.4. The number of nitrogens with one attached hydrogen (secondary N) is 1. The smallest absolute Gasteiger partial charge is 0.275 e. The van der Waals surface area contributed by atoms with E-state index in [1.165, 1.54) is 23.5 Å². The molecule has 1 heterocycles. The second-order valence-electron chi connectivity index (χ2n) is 5.52. The van der Waals surface area contributed by atoms with Gasteiger partial charge in [0, 0.05) is 22.9 Å². The van der Waals surface area contributed by atoms with Gasteiger partial charge in [-0.15, -0.1) is 11.3 Å². The quantitative estimate of drug-likeness (QED) is 0.723. The Morgan fingerprint density at radius 3 is 2.31 bits per heavy atom. The van der Waals surface area contributed by atoms with Crippen molar-refractivity contribution in [3.05, 3.63) is 59.6 Å². The number of benzene rings is 2. The molecule has 0 atom stereocenters. The summed E-state index contributed by atoms with van der Waals surface area (Å²) in [7, 11) is -1.66. The molecule has 0 radical (unpaired) electrons. The minimum absolute atomic E-state index is 0.200. The Kier molecular flexibility index (Phi) is 5.06. The topological polar surface area (TPSA) is 85.4 Å². The molecule has 0 unspecified atom stereocenters. The molecule has 8 heteroatoms. The minimum Gasteiger partial charge on any atom is -0.497 e. The van der Waals surface area contributed by atoms with Crippen molar-refractivity contribution in [3.8, 4) is 16.3 Å². The third kappa shape index (κ3) is 4.09. The number of hydrogen-bond acceptors (Lipinski definition) is 6. The first-order chi connectivity index (χ1) is 12.4. The molecular formula is C18H16N2O4S2. The lowest BCUT2D eigenvalue weighted by molar-refractivity contribution is 0.102. The Bertz CT molecular complexity index is 1020. The van der Waals surface area contributed by atoms with Crippen LogP contribution in [-0.4, -0.2) is 32.7 Å². The molecule has 0 aliphatic heterocycles. The molecule has 1 N–H and O–H groups in total. The van der Waals surface area contributed by atoms with Crippen molar-refractivity contribution in [2.75, 3.05) is 18.7 Å². The fourth-order valence-electron chi connectivity index (χ4n) is 2.22. The first-order valence-corrected chi connectivity index (χ1v) is 10.4. The van der Waals surface area contributed by atoms with E-state index < -0.39 is 9.84 Å². The van der Waals surface area contributed by atoms with Gasteiger partial charge in [0.2, 0.25) is 0 Å². The highest BCUT2D eigenvalue weighted by atomic mass is 32.2. The Morgan fingerprint density at radius 2 is 1.73 bits per heavy atom. The molecule has 3 aromatic rings. The van der Waals surface area contributed by atoms with Crippen LogP contribution in [0.5, 0.6) is 5.75 Å². The predicted octanol–water partition coefficient (Wildman–Crippen LogP) is 3.47. The number of amides is 1. The molecule has 0 bridgehead atoms. The summed E-state index contributed by atoms with van der Waals surface area (Å²) >= 11 is 1.37. The summed E-state index contributed by atoms with van der Waals surface area (Å²) in [5, 5.41) is 5.12. The van der Waals surface area contributed by atoms with Gasteiger partial charge in [0.1, 0.15) is 16.5 Å². The summed E-state index contributed by atoms with van der Waals surface area (Å²) in [6.45, 7) is 0. The van der Waals surface area contributed by atoms with Crippen LogP contribution in [0.4, 0.5) is 5.69 Å². The van der Waals surface area contributed by atoms with Crippen LogP contribution in [0.15, 0.2) is 58.8 Å². The minimum atomic E-state index is -3.26. The van der Waals surface area contributed by atoms with Gasteiger partial charge < -0.3 is 10.1 Å². The molecule has 0 aliphatic carbocycles. The molecule has 1 amide bonds. The Balaban J connectivity index is 1.73. The second-order valence-corrected chi connectivity index (χ2v) is 8.39. The number of sulfone groups is 1. The second kappa shape index (κ2) is 7.27. The molecule has 0 spiro atoms. The Labute approximate surface area is 155 Å². The number of carbonyl (C=O) groups excluding carboxylic acids is 1. The van der Waals surface area contributed by atoms with E-state index in [0.717, 1.165) is 22.6 Å². The van der Waals surface area contributed by atoms with E-state index >= 15 is 0 Å². The van der Waals surface area contributed by atoms with Crippen molar-refractivity contribution in [2.45, 2.75) is 4.90 Å². The van der Waals surface area contributed by atoms with Gasteiger partial charge in [-0.1, -0.05) is 0 Å². The molecule has 1 aromatic heterocycles. The van der Waals surface area contributed by atoms with Gasteiger partial charge in [-0.25, -0.2) is 13.4 Å². The van der Waals surface area contributed by atoms with Crippen LogP contribution in [0.3, 0.4) is 0 Å². The van der Waals surface area contributed by atoms with Crippen molar-refractivity contribution < 1.29 is 17.9 Å². The van der Waals surface area contributed by atoms with Gasteiger partial charge in [0.25, 0.3) is 5.91 Å². The molecule has 0 fully saturated rings. The maximum Gasteiger partial charge on any atom is 0.275 e. The average Bonchev–Trinajstić information content (AvgIpc) is 3.12. The fourth-order valence-corrected chi connectivity index (χ4v) is 3.66. The van der Waals surface area contributed by atoms with Crippen LogP contribution in [-0.2, 0) is 9.84 Å². The van der Waals surface area contributed by atoms with Crippen LogP contribution in [0, 0.1) is 0 Å². The number of rotatable bonds is 5. The highest BCUT2D eigenvalue weighted by Crippen LogP contribution is 2.26. The summed E-state index contributed by atoms with van der Waals surface area (Å²) in [6.07, 6.45) is 1.14. The van der Waals surface area contributed by atoms with Crippen molar-refractivity contribution in [3.63, 3.8) is 0 Å². The van der Waals surface area contributed by atoms with Crippen LogP contribution in [0.2, 0.25) is 0 Å². The predicted molar refractivity (Wildman–Crippen MR) is 102 cm³/mol. The zero-order valence-electron chi connectivity index (χ0n) is 14.1. The van der Waals surface area contributed by atoms with Crippen LogP contribution >= 0.6 is 11.3 Å². The Morgan fingerprint density at radius 1 is 1.08 bits per heavy atom.